The molecule has 1 aromatic carbocycles. The molecule has 0 bridgehead atoms. The minimum absolute atomic E-state index is 0.249. The third-order valence-electron chi connectivity index (χ3n) is 2.14. The zero-order valence-electron chi connectivity index (χ0n) is 9.14. The van der Waals surface area contributed by atoms with Gasteiger partial charge >= 0.3 is 0 Å². The molecule has 1 N–H and O–H groups in total. The van der Waals surface area contributed by atoms with E-state index in [-0.39, 0.29) is 5.91 Å². The van der Waals surface area contributed by atoms with Gasteiger partial charge in [0.2, 0.25) is 0 Å². The number of hydrogen-bond acceptors (Lipinski definition) is 3. The van der Waals surface area contributed by atoms with Crippen LogP contribution in [0.1, 0.15) is 16.2 Å². The number of benzene rings is 1. The van der Waals surface area contributed by atoms with Gasteiger partial charge in [-0.1, -0.05) is 12.1 Å². The third-order valence-corrected chi connectivity index (χ3v) is 3.08. The number of aromatic nitrogens is 2. The number of nitrogens with one attached hydrogen (secondary N) is 1. The second kappa shape index (κ2) is 5.22. The van der Waals surface area contributed by atoms with E-state index < -0.39 is 0 Å². The fourth-order valence-electron chi connectivity index (χ4n) is 1.26. The first-order chi connectivity index (χ1) is 8.16. The molecule has 0 saturated heterocycles. The molecule has 0 atom stereocenters. The predicted octanol–water partition coefficient (Wildman–Crippen LogP) is 2.64. The Morgan fingerprint density at radius 1 is 1.24 bits per heavy atom. The minimum atomic E-state index is -0.249. The molecule has 86 valence electrons. The van der Waals surface area contributed by atoms with Crippen LogP contribution >= 0.6 is 22.6 Å². The zero-order valence-corrected chi connectivity index (χ0v) is 11.3. The molecule has 0 fully saturated rings. The monoisotopic (exact) mass is 339 g/mol. The highest BCUT2D eigenvalue weighted by Gasteiger charge is 2.09. The number of para-hydroxylation sites is 1. The van der Waals surface area contributed by atoms with E-state index in [9.17, 15) is 4.79 Å². The largest absolute Gasteiger partial charge is 0.320 e. The van der Waals surface area contributed by atoms with Gasteiger partial charge in [0, 0.05) is 9.77 Å². The maximum absolute atomic E-state index is 11.9. The van der Waals surface area contributed by atoms with Crippen LogP contribution in [0, 0.1) is 10.5 Å². The summed E-state index contributed by atoms with van der Waals surface area (Å²) in [6, 6.07) is 7.57. The average Bonchev–Trinajstić information content (AvgIpc) is 2.33. The van der Waals surface area contributed by atoms with Gasteiger partial charge < -0.3 is 5.32 Å². The molecule has 5 heteroatoms. The smallest absolute Gasteiger partial charge is 0.275 e. The molecule has 0 radical (unpaired) electrons. The SMILES string of the molecule is Cc1cnc(C(=O)Nc2ccccc2I)cn1. The summed E-state index contributed by atoms with van der Waals surface area (Å²) in [7, 11) is 0. The van der Waals surface area contributed by atoms with E-state index in [0.29, 0.717) is 5.69 Å². The van der Waals surface area contributed by atoms with Crippen LogP contribution in [0.15, 0.2) is 36.7 Å². The average molecular weight is 339 g/mol. The number of aryl methyl sites for hydroxylation is 1. The van der Waals surface area contributed by atoms with E-state index in [4.69, 9.17) is 0 Å². The molecule has 4 nitrogen and oxygen atoms in total. The van der Waals surface area contributed by atoms with Crippen LogP contribution in [0.4, 0.5) is 5.69 Å². The van der Waals surface area contributed by atoms with Crippen molar-refractivity contribution in [3.63, 3.8) is 0 Å². The van der Waals surface area contributed by atoms with Gasteiger partial charge in [-0.3, -0.25) is 9.78 Å². The first kappa shape index (κ1) is 12.0. The topological polar surface area (TPSA) is 54.9 Å². The Hall–Kier alpha value is -1.50. The van der Waals surface area contributed by atoms with Gasteiger partial charge in [0.05, 0.1) is 17.6 Å². The molecule has 2 aromatic rings. The molecule has 0 saturated carbocycles. The van der Waals surface area contributed by atoms with Crippen molar-refractivity contribution in [3.8, 4) is 0 Å². The van der Waals surface area contributed by atoms with Crippen molar-refractivity contribution in [2.45, 2.75) is 6.92 Å². The lowest BCUT2D eigenvalue weighted by Gasteiger charge is -2.06. The molecule has 1 aromatic heterocycles. The lowest BCUT2D eigenvalue weighted by atomic mass is 10.3. The van der Waals surface area contributed by atoms with Crippen molar-refractivity contribution < 1.29 is 4.79 Å². The molecule has 0 spiro atoms. The molecular weight excluding hydrogens is 329 g/mol. The van der Waals surface area contributed by atoms with E-state index in [1.807, 2.05) is 31.2 Å². The van der Waals surface area contributed by atoms with E-state index in [1.54, 1.807) is 6.20 Å². The highest BCUT2D eigenvalue weighted by atomic mass is 127. The van der Waals surface area contributed by atoms with Crippen LogP contribution < -0.4 is 5.32 Å². The van der Waals surface area contributed by atoms with Crippen molar-refractivity contribution in [2.24, 2.45) is 0 Å². The van der Waals surface area contributed by atoms with Crippen molar-refractivity contribution in [2.75, 3.05) is 5.32 Å². The van der Waals surface area contributed by atoms with Crippen LogP contribution in [-0.4, -0.2) is 15.9 Å². The first-order valence-electron chi connectivity index (χ1n) is 5.01. The summed E-state index contributed by atoms with van der Waals surface area (Å²) in [6.07, 6.45) is 3.05. The van der Waals surface area contributed by atoms with Gasteiger partial charge in [-0.25, -0.2) is 4.98 Å². The maximum Gasteiger partial charge on any atom is 0.275 e. The Kier molecular flexibility index (Phi) is 3.68. The highest BCUT2D eigenvalue weighted by Crippen LogP contribution is 2.17. The van der Waals surface area contributed by atoms with Gasteiger partial charge in [-0.2, -0.15) is 0 Å². The van der Waals surface area contributed by atoms with Crippen LogP contribution in [0.5, 0.6) is 0 Å². The number of halogens is 1. The quantitative estimate of drug-likeness (QED) is 0.856. The Morgan fingerprint density at radius 3 is 2.65 bits per heavy atom. The summed E-state index contributed by atoms with van der Waals surface area (Å²) in [5.41, 5.74) is 1.88. The van der Waals surface area contributed by atoms with Crippen LogP contribution in [0.25, 0.3) is 0 Å². The lowest BCUT2D eigenvalue weighted by Crippen LogP contribution is -2.14. The molecule has 0 aliphatic carbocycles. The lowest BCUT2D eigenvalue weighted by molar-refractivity contribution is 0.102. The van der Waals surface area contributed by atoms with E-state index in [0.717, 1.165) is 15.0 Å². The number of hydrogen-bond donors (Lipinski definition) is 1. The van der Waals surface area contributed by atoms with Gasteiger partial charge in [0.25, 0.3) is 5.91 Å². The standard InChI is InChI=1S/C12H10IN3O/c1-8-6-15-11(7-14-8)12(17)16-10-5-3-2-4-9(10)13/h2-7H,1H3,(H,16,17). The van der Waals surface area contributed by atoms with Gasteiger partial charge in [-0.15, -0.1) is 0 Å². The van der Waals surface area contributed by atoms with E-state index >= 15 is 0 Å². The summed E-state index contributed by atoms with van der Waals surface area (Å²) >= 11 is 2.17. The van der Waals surface area contributed by atoms with Crippen molar-refractivity contribution >= 4 is 34.2 Å². The Balaban J connectivity index is 2.17. The second-order valence-electron chi connectivity index (χ2n) is 3.48. The molecule has 1 heterocycles. The fourth-order valence-corrected chi connectivity index (χ4v) is 1.78. The highest BCUT2D eigenvalue weighted by molar-refractivity contribution is 14.1. The number of anilines is 1. The minimum Gasteiger partial charge on any atom is -0.320 e. The Labute approximate surface area is 113 Å². The third kappa shape index (κ3) is 3.00. The first-order valence-corrected chi connectivity index (χ1v) is 6.09. The fraction of sp³-hybridized carbons (Fsp3) is 0.0833. The molecule has 0 aliphatic rings. The molecule has 2 rings (SSSR count). The summed E-state index contributed by atoms with van der Waals surface area (Å²) in [4.78, 5) is 19.9. The number of rotatable bonds is 2. The van der Waals surface area contributed by atoms with E-state index in [2.05, 4.69) is 37.9 Å². The molecule has 1 amide bonds. The van der Waals surface area contributed by atoms with Crippen molar-refractivity contribution in [1.82, 2.24) is 9.97 Å². The van der Waals surface area contributed by atoms with Gasteiger partial charge in [0.1, 0.15) is 5.69 Å². The summed E-state index contributed by atoms with van der Waals surface area (Å²) in [5, 5.41) is 2.80. The van der Waals surface area contributed by atoms with Crippen LogP contribution in [-0.2, 0) is 0 Å². The number of carbonyl (C=O) groups excluding carboxylic acids is 1. The summed E-state index contributed by atoms with van der Waals surface area (Å²) in [5.74, 6) is -0.249. The Morgan fingerprint density at radius 2 is 2.00 bits per heavy atom. The molecular formula is C12H10IN3O. The number of amides is 1. The van der Waals surface area contributed by atoms with E-state index in [1.165, 1.54) is 6.20 Å². The second-order valence-corrected chi connectivity index (χ2v) is 4.64. The zero-order chi connectivity index (χ0) is 12.3. The van der Waals surface area contributed by atoms with Crippen LogP contribution in [0.3, 0.4) is 0 Å². The summed E-state index contributed by atoms with van der Waals surface area (Å²) in [6.45, 7) is 1.83. The van der Waals surface area contributed by atoms with Gasteiger partial charge in [0.15, 0.2) is 0 Å². The predicted molar refractivity (Wildman–Crippen MR) is 73.9 cm³/mol. The maximum atomic E-state index is 11.9. The van der Waals surface area contributed by atoms with Crippen LogP contribution in [0.2, 0.25) is 0 Å². The van der Waals surface area contributed by atoms with Gasteiger partial charge in [-0.05, 0) is 41.6 Å². The Bertz CT molecular complexity index is 540. The number of nitrogens with zero attached hydrogens (tertiary/aromatic N) is 2. The normalized spacial score (nSPS) is 10.0. The summed E-state index contributed by atoms with van der Waals surface area (Å²) < 4.78 is 0.985. The molecule has 17 heavy (non-hydrogen) atoms. The molecule has 0 unspecified atom stereocenters. The number of carbonyl (C=O) groups is 1. The van der Waals surface area contributed by atoms with Crippen molar-refractivity contribution in [1.29, 1.82) is 0 Å². The van der Waals surface area contributed by atoms with Crippen molar-refractivity contribution in [3.05, 3.63) is 51.6 Å². The molecule has 0 aliphatic heterocycles.